The van der Waals surface area contributed by atoms with Crippen molar-refractivity contribution < 1.29 is 4.79 Å². The molecule has 0 bridgehead atoms. The van der Waals surface area contributed by atoms with Crippen molar-refractivity contribution in [3.63, 3.8) is 0 Å². The van der Waals surface area contributed by atoms with E-state index in [1.54, 1.807) is 6.92 Å². The monoisotopic (exact) mass is 168 g/mol. The highest BCUT2D eigenvalue weighted by molar-refractivity contribution is 5.78. The zero-order chi connectivity index (χ0) is 9.40. The molecular weight excluding hydrogens is 148 g/mol. The SMILES string of the molecule is C=CCCCCC(CC)C(C)=O. The molecule has 1 unspecified atom stereocenters. The first-order valence-corrected chi connectivity index (χ1v) is 4.83. The van der Waals surface area contributed by atoms with E-state index >= 15 is 0 Å². The molecule has 70 valence electrons. The largest absolute Gasteiger partial charge is 0.300 e. The molecule has 0 aliphatic carbocycles. The van der Waals surface area contributed by atoms with Gasteiger partial charge < -0.3 is 0 Å². The maximum atomic E-state index is 11.0. The number of hydrogen-bond acceptors (Lipinski definition) is 1. The third-order valence-electron chi connectivity index (χ3n) is 2.28. The van der Waals surface area contributed by atoms with Crippen LogP contribution >= 0.6 is 0 Å². The van der Waals surface area contributed by atoms with Crippen molar-refractivity contribution in [3.05, 3.63) is 12.7 Å². The van der Waals surface area contributed by atoms with Crippen LogP contribution in [-0.4, -0.2) is 5.78 Å². The van der Waals surface area contributed by atoms with Crippen molar-refractivity contribution in [2.24, 2.45) is 5.92 Å². The van der Waals surface area contributed by atoms with Gasteiger partial charge in [-0.25, -0.2) is 0 Å². The first-order valence-electron chi connectivity index (χ1n) is 4.83. The van der Waals surface area contributed by atoms with Crippen LogP contribution in [0.4, 0.5) is 0 Å². The molecule has 1 atom stereocenters. The minimum atomic E-state index is 0.301. The van der Waals surface area contributed by atoms with Gasteiger partial charge in [-0.3, -0.25) is 4.79 Å². The molecule has 0 aliphatic heterocycles. The molecule has 1 heteroatoms. The van der Waals surface area contributed by atoms with Gasteiger partial charge >= 0.3 is 0 Å². The third-order valence-corrected chi connectivity index (χ3v) is 2.28. The highest BCUT2D eigenvalue weighted by atomic mass is 16.1. The van der Waals surface area contributed by atoms with Crippen LogP contribution in [-0.2, 0) is 4.79 Å². The Bertz CT molecular complexity index is 138. The summed E-state index contributed by atoms with van der Waals surface area (Å²) in [4.78, 5) is 11.0. The lowest BCUT2D eigenvalue weighted by Gasteiger charge is -2.09. The molecule has 0 radical (unpaired) electrons. The predicted octanol–water partition coefficient (Wildman–Crippen LogP) is 3.35. The van der Waals surface area contributed by atoms with Crippen LogP contribution in [0.25, 0.3) is 0 Å². The molecule has 0 N–H and O–H groups in total. The van der Waals surface area contributed by atoms with Crippen LogP contribution in [0.15, 0.2) is 12.7 Å². The maximum Gasteiger partial charge on any atom is 0.132 e. The van der Waals surface area contributed by atoms with E-state index in [2.05, 4.69) is 13.5 Å². The highest BCUT2D eigenvalue weighted by Crippen LogP contribution is 2.14. The third kappa shape index (κ3) is 5.11. The second kappa shape index (κ2) is 7.08. The van der Waals surface area contributed by atoms with E-state index in [9.17, 15) is 4.79 Å². The topological polar surface area (TPSA) is 17.1 Å². The van der Waals surface area contributed by atoms with Crippen molar-refractivity contribution in [2.45, 2.75) is 46.0 Å². The van der Waals surface area contributed by atoms with Gasteiger partial charge in [-0.15, -0.1) is 6.58 Å². The Kier molecular flexibility index (Phi) is 6.73. The number of rotatable bonds is 7. The van der Waals surface area contributed by atoms with E-state index in [-0.39, 0.29) is 0 Å². The lowest BCUT2D eigenvalue weighted by molar-refractivity contribution is -0.121. The molecule has 0 spiro atoms. The van der Waals surface area contributed by atoms with Gasteiger partial charge in [-0.2, -0.15) is 0 Å². The van der Waals surface area contributed by atoms with Gasteiger partial charge in [0.15, 0.2) is 0 Å². The summed E-state index contributed by atoms with van der Waals surface area (Å²) in [5, 5.41) is 0. The quantitative estimate of drug-likeness (QED) is 0.421. The van der Waals surface area contributed by atoms with E-state index in [0.29, 0.717) is 11.7 Å². The van der Waals surface area contributed by atoms with Crippen molar-refractivity contribution in [2.75, 3.05) is 0 Å². The van der Waals surface area contributed by atoms with E-state index in [1.807, 2.05) is 6.08 Å². The number of ketones is 1. The second-order valence-electron chi connectivity index (χ2n) is 3.29. The molecule has 0 heterocycles. The highest BCUT2D eigenvalue weighted by Gasteiger charge is 2.09. The van der Waals surface area contributed by atoms with Crippen molar-refractivity contribution in [1.82, 2.24) is 0 Å². The Morgan fingerprint density at radius 1 is 1.50 bits per heavy atom. The van der Waals surface area contributed by atoms with Crippen LogP contribution in [0.3, 0.4) is 0 Å². The molecule has 1 nitrogen and oxygen atoms in total. The molecule has 0 amide bonds. The Morgan fingerprint density at radius 3 is 2.58 bits per heavy atom. The second-order valence-corrected chi connectivity index (χ2v) is 3.29. The molecule has 0 aromatic heterocycles. The summed E-state index contributed by atoms with van der Waals surface area (Å²) in [5.41, 5.74) is 0. The number of Topliss-reactive ketones (excluding diaryl/α,β-unsaturated/α-hetero) is 1. The molecule has 0 aromatic rings. The number of carbonyl (C=O) groups excluding carboxylic acids is 1. The maximum absolute atomic E-state index is 11.0. The van der Waals surface area contributed by atoms with Crippen LogP contribution in [0, 0.1) is 5.92 Å². The fourth-order valence-corrected chi connectivity index (χ4v) is 1.37. The van der Waals surface area contributed by atoms with E-state index in [4.69, 9.17) is 0 Å². The van der Waals surface area contributed by atoms with E-state index < -0.39 is 0 Å². The zero-order valence-electron chi connectivity index (χ0n) is 8.31. The van der Waals surface area contributed by atoms with Gasteiger partial charge in [-0.05, 0) is 32.6 Å². The fraction of sp³-hybridized carbons (Fsp3) is 0.727. The fourth-order valence-electron chi connectivity index (χ4n) is 1.37. The van der Waals surface area contributed by atoms with E-state index in [0.717, 1.165) is 25.7 Å². The molecule has 12 heavy (non-hydrogen) atoms. The summed E-state index contributed by atoms with van der Waals surface area (Å²) < 4.78 is 0. The van der Waals surface area contributed by atoms with Gasteiger partial charge in [0.2, 0.25) is 0 Å². The lowest BCUT2D eigenvalue weighted by Crippen LogP contribution is -2.09. The molecule has 0 saturated heterocycles. The summed E-state index contributed by atoms with van der Waals surface area (Å²) in [7, 11) is 0. The van der Waals surface area contributed by atoms with Crippen LogP contribution in [0.5, 0.6) is 0 Å². The standard InChI is InChI=1S/C11H20O/c1-4-6-7-8-9-11(5-2)10(3)12/h4,11H,1,5-9H2,2-3H3. The Morgan fingerprint density at radius 2 is 2.17 bits per heavy atom. The average molecular weight is 168 g/mol. The molecule has 0 aliphatic rings. The molecule has 0 saturated carbocycles. The Hall–Kier alpha value is -0.590. The van der Waals surface area contributed by atoms with Crippen molar-refractivity contribution in [3.8, 4) is 0 Å². The normalized spacial score (nSPS) is 12.5. The van der Waals surface area contributed by atoms with Crippen LogP contribution in [0.1, 0.15) is 46.0 Å². The molecule has 0 fully saturated rings. The number of allylic oxidation sites excluding steroid dienone is 1. The predicted molar refractivity (Wildman–Crippen MR) is 53.1 cm³/mol. The van der Waals surface area contributed by atoms with Gasteiger partial charge in [0.25, 0.3) is 0 Å². The lowest BCUT2D eigenvalue weighted by atomic mass is 9.95. The summed E-state index contributed by atoms with van der Waals surface area (Å²) in [6.45, 7) is 7.44. The molecule has 0 rings (SSSR count). The van der Waals surface area contributed by atoms with Crippen LogP contribution in [0.2, 0.25) is 0 Å². The Balaban J connectivity index is 3.44. The van der Waals surface area contributed by atoms with Gasteiger partial charge in [-0.1, -0.05) is 19.4 Å². The van der Waals surface area contributed by atoms with Gasteiger partial charge in [0.05, 0.1) is 0 Å². The summed E-state index contributed by atoms with van der Waals surface area (Å²) >= 11 is 0. The molecule has 0 aromatic carbocycles. The number of carbonyl (C=O) groups is 1. The summed E-state index contributed by atoms with van der Waals surface area (Å²) in [6, 6.07) is 0. The average Bonchev–Trinajstić information content (AvgIpc) is 2.04. The first-order chi connectivity index (χ1) is 5.72. The number of hydrogen-bond donors (Lipinski definition) is 0. The van der Waals surface area contributed by atoms with Crippen molar-refractivity contribution >= 4 is 5.78 Å². The minimum Gasteiger partial charge on any atom is -0.300 e. The van der Waals surface area contributed by atoms with Gasteiger partial charge in [0.1, 0.15) is 5.78 Å². The van der Waals surface area contributed by atoms with Gasteiger partial charge in [0, 0.05) is 5.92 Å². The minimum absolute atomic E-state index is 0.301. The smallest absolute Gasteiger partial charge is 0.132 e. The molecular formula is C11H20O. The summed E-state index contributed by atoms with van der Waals surface area (Å²) in [6.07, 6.45) is 7.39. The first kappa shape index (κ1) is 11.4. The van der Waals surface area contributed by atoms with E-state index in [1.165, 1.54) is 6.42 Å². The van der Waals surface area contributed by atoms with Crippen LogP contribution < -0.4 is 0 Å². The number of unbranched alkanes of at least 4 members (excludes halogenated alkanes) is 2. The zero-order valence-corrected chi connectivity index (χ0v) is 8.31. The van der Waals surface area contributed by atoms with Crippen molar-refractivity contribution in [1.29, 1.82) is 0 Å². The Labute approximate surface area is 75.9 Å². The summed E-state index contributed by atoms with van der Waals surface area (Å²) in [5.74, 6) is 0.644.